The van der Waals surface area contributed by atoms with Gasteiger partial charge in [-0.15, -0.1) is 22.7 Å². The first-order valence-corrected chi connectivity index (χ1v) is 17.5. The van der Waals surface area contributed by atoms with Gasteiger partial charge >= 0.3 is 0 Å². The topological polar surface area (TPSA) is 12.5 Å². The zero-order valence-electron chi connectivity index (χ0n) is 25.6. The summed E-state index contributed by atoms with van der Waals surface area (Å²) in [5, 5.41) is 7.44. The predicted molar refractivity (Wildman–Crippen MR) is 208 cm³/mol. The fourth-order valence-corrected chi connectivity index (χ4v) is 9.47. The minimum Gasteiger partial charge on any atom is -0.311 e. The van der Waals surface area contributed by atoms with Crippen LogP contribution in [0.3, 0.4) is 0 Å². The maximum Gasteiger partial charge on any atom is 0.189 e. The molecule has 0 N–H and O–H groups in total. The smallest absolute Gasteiger partial charge is 0.189 e. The molecule has 0 unspecified atom stereocenters. The SMILES string of the molecule is [C-]#[N+]c1cccc(N(c2ccc3sc4ccccc4c3c2)c2cccc3c2c2ccccc2n3-c2ccc3sc4ccccc4c3c2)c1. The van der Waals surface area contributed by atoms with Crippen LogP contribution >= 0.6 is 22.7 Å². The molecule has 10 rings (SSSR count). The van der Waals surface area contributed by atoms with Crippen LogP contribution in [-0.2, 0) is 0 Å². The quantitative estimate of drug-likeness (QED) is 0.173. The van der Waals surface area contributed by atoms with Gasteiger partial charge < -0.3 is 9.47 Å². The molecule has 3 aromatic heterocycles. The van der Waals surface area contributed by atoms with Crippen molar-refractivity contribution in [1.29, 1.82) is 0 Å². The first-order valence-electron chi connectivity index (χ1n) is 15.9. The number of nitrogens with zero attached hydrogens (tertiary/aromatic N) is 3. The number of fused-ring (bicyclic) bond motifs is 9. The van der Waals surface area contributed by atoms with Gasteiger partial charge in [-0.3, -0.25) is 0 Å². The van der Waals surface area contributed by atoms with Gasteiger partial charge in [-0.2, -0.15) is 0 Å². The third-order valence-electron chi connectivity index (χ3n) is 9.37. The Morgan fingerprint density at radius 3 is 1.85 bits per heavy atom. The molecule has 0 saturated heterocycles. The Kier molecular flexibility index (Phi) is 5.98. The normalized spacial score (nSPS) is 11.7. The monoisotopic (exact) mass is 647 g/mol. The highest BCUT2D eigenvalue weighted by atomic mass is 32.1. The van der Waals surface area contributed by atoms with Gasteiger partial charge in [0, 0.05) is 68.2 Å². The molecule has 3 nitrogen and oxygen atoms in total. The third kappa shape index (κ3) is 4.04. The summed E-state index contributed by atoms with van der Waals surface area (Å²) in [7, 11) is 0. The number of thiophene rings is 2. The molecule has 0 spiro atoms. The van der Waals surface area contributed by atoms with Crippen molar-refractivity contribution in [3.05, 3.63) is 163 Å². The highest BCUT2D eigenvalue weighted by Gasteiger charge is 2.22. The molecule has 5 heteroatoms. The summed E-state index contributed by atoms with van der Waals surface area (Å²) in [6.07, 6.45) is 0. The van der Waals surface area contributed by atoms with Crippen molar-refractivity contribution in [1.82, 2.24) is 4.57 Å². The zero-order valence-corrected chi connectivity index (χ0v) is 27.2. The van der Waals surface area contributed by atoms with E-state index >= 15 is 0 Å². The number of para-hydroxylation sites is 1. The molecule has 7 aromatic carbocycles. The van der Waals surface area contributed by atoms with E-state index in [-0.39, 0.29) is 0 Å². The van der Waals surface area contributed by atoms with Gasteiger partial charge in [-0.1, -0.05) is 72.8 Å². The molecule has 0 fully saturated rings. The second kappa shape index (κ2) is 10.5. The Balaban J connectivity index is 1.27. The van der Waals surface area contributed by atoms with Crippen LogP contribution in [0.2, 0.25) is 0 Å². The van der Waals surface area contributed by atoms with Crippen LogP contribution in [0.25, 0.3) is 72.7 Å². The van der Waals surface area contributed by atoms with E-state index in [9.17, 15) is 0 Å². The molecule has 0 bridgehead atoms. The Labute approximate surface area is 284 Å². The van der Waals surface area contributed by atoms with E-state index in [2.05, 4.69) is 148 Å². The maximum atomic E-state index is 7.81. The minimum absolute atomic E-state index is 0.616. The maximum absolute atomic E-state index is 7.81. The molecule has 0 aliphatic rings. The molecule has 0 saturated carbocycles. The van der Waals surface area contributed by atoms with E-state index in [1.165, 1.54) is 51.1 Å². The third-order valence-corrected chi connectivity index (χ3v) is 11.7. The van der Waals surface area contributed by atoms with Crippen LogP contribution in [0.5, 0.6) is 0 Å². The molecule has 0 radical (unpaired) electrons. The minimum atomic E-state index is 0.616. The summed E-state index contributed by atoms with van der Waals surface area (Å²) in [4.78, 5) is 6.13. The standard InChI is InChI=1S/C43H25N3S2/c1-44-27-10-8-11-28(24-27)45(29-20-22-41-34(25-29)31-12-3-6-18-39(31)47-41)37-16-9-17-38-43(37)33-14-2-5-15-36(33)46(38)30-21-23-42-35(26-30)32-13-4-7-19-40(32)48-42/h2-26H. The highest BCUT2D eigenvalue weighted by Crippen LogP contribution is 2.46. The lowest BCUT2D eigenvalue weighted by Crippen LogP contribution is -2.10. The first-order chi connectivity index (χ1) is 23.7. The van der Waals surface area contributed by atoms with E-state index in [4.69, 9.17) is 6.57 Å². The molecule has 10 aromatic rings. The molecule has 3 heterocycles. The van der Waals surface area contributed by atoms with Gasteiger partial charge in [-0.25, -0.2) is 4.85 Å². The average Bonchev–Trinajstić information content (AvgIpc) is 3.81. The van der Waals surface area contributed by atoms with Crippen molar-refractivity contribution in [2.75, 3.05) is 4.90 Å². The molecular weight excluding hydrogens is 623 g/mol. The van der Waals surface area contributed by atoms with Crippen LogP contribution in [0, 0.1) is 6.57 Å². The van der Waals surface area contributed by atoms with Gasteiger partial charge in [0.1, 0.15) is 0 Å². The van der Waals surface area contributed by atoms with Crippen molar-refractivity contribution < 1.29 is 0 Å². The van der Waals surface area contributed by atoms with E-state index < -0.39 is 0 Å². The number of rotatable bonds is 4. The molecule has 0 aliphatic carbocycles. The Morgan fingerprint density at radius 1 is 0.479 bits per heavy atom. The van der Waals surface area contributed by atoms with E-state index in [0.717, 1.165) is 33.8 Å². The Hall–Kier alpha value is -5.93. The van der Waals surface area contributed by atoms with Crippen LogP contribution in [-0.4, -0.2) is 4.57 Å². The zero-order chi connectivity index (χ0) is 31.8. The van der Waals surface area contributed by atoms with Crippen molar-refractivity contribution in [3.8, 4) is 5.69 Å². The van der Waals surface area contributed by atoms with Crippen LogP contribution < -0.4 is 4.90 Å². The molecule has 0 aliphatic heterocycles. The average molecular weight is 648 g/mol. The van der Waals surface area contributed by atoms with Gasteiger partial charge in [0.15, 0.2) is 5.69 Å². The molecule has 0 atom stereocenters. The summed E-state index contributed by atoms with van der Waals surface area (Å²) in [6.45, 7) is 7.81. The molecule has 0 amide bonds. The lowest BCUT2D eigenvalue weighted by molar-refractivity contribution is 1.19. The molecule has 224 valence electrons. The summed E-state index contributed by atoms with van der Waals surface area (Å²) < 4.78 is 7.56. The summed E-state index contributed by atoms with van der Waals surface area (Å²) >= 11 is 3.67. The van der Waals surface area contributed by atoms with Gasteiger partial charge in [-0.05, 0) is 78.9 Å². The second-order valence-corrected chi connectivity index (χ2v) is 14.2. The van der Waals surface area contributed by atoms with Crippen molar-refractivity contribution in [2.45, 2.75) is 0 Å². The van der Waals surface area contributed by atoms with Gasteiger partial charge in [0.25, 0.3) is 0 Å². The Morgan fingerprint density at radius 2 is 1.08 bits per heavy atom. The van der Waals surface area contributed by atoms with Crippen LogP contribution in [0.15, 0.2) is 152 Å². The number of hydrogen-bond acceptors (Lipinski definition) is 3. The van der Waals surface area contributed by atoms with E-state index in [1.54, 1.807) is 0 Å². The van der Waals surface area contributed by atoms with Crippen molar-refractivity contribution >= 4 is 108 Å². The van der Waals surface area contributed by atoms with Crippen LogP contribution in [0.4, 0.5) is 22.7 Å². The highest BCUT2D eigenvalue weighted by molar-refractivity contribution is 7.26. The second-order valence-electron chi connectivity index (χ2n) is 12.0. The predicted octanol–water partition coefficient (Wildman–Crippen LogP) is 13.5. The summed E-state index contributed by atoms with van der Waals surface area (Å²) in [5.74, 6) is 0. The van der Waals surface area contributed by atoms with Gasteiger partial charge in [0.2, 0.25) is 0 Å². The first kappa shape index (κ1) is 27.2. The number of anilines is 3. The van der Waals surface area contributed by atoms with E-state index in [0.29, 0.717) is 5.69 Å². The van der Waals surface area contributed by atoms with Gasteiger partial charge in [0.05, 0.1) is 23.3 Å². The number of aromatic nitrogens is 1. The summed E-state index contributed by atoms with van der Waals surface area (Å²) in [6, 6.07) is 54.2. The number of benzene rings is 7. The van der Waals surface area contributed by atoms with Crippen molar-refractivity contribution in [2.24, 2.45) is 0 Å². The number of hydrogen-bond donors (Lipinski definition) is 0. The lowest BCUT2D eigenvalue weighted by Gasteiger charge is -2.27. The lowest BCUT2D eigenvalue weighted by atomic mass is 10.1. The summed E-state index contributed by atoms with van der Waals surface area (Å²) in [5.41, 5.74) is 7.15. The Bertz CT molecular complexity index is 2940. The fraction of sp³-hybridized carbons (Fsp3) is 0. The molecule has 48 heavy (non-hydrogen) atoms. The largest absolute Gasteiger partial charge is 0.311 e. The fourth-order valence-electron chi connectivity index (χ4n) is 7.30. The van der Waals surface area contributed by atoms with Crippen molar-refractivity contribution in [3.63, 3.8) is 0 Å². The van der Waals surface area contributed by atoms with Crippen LogP contribution in [0.1, 0.15) is 0 Å². The van der Waals surface area contributed by atoms with E-state index in [1.807, 2.05) is 40.9 Å². The molecular formula is C43H25N3S2.